The zero-order valence-corrected chi connectivity index (χ0v) is 36.4. The molecule has 0 heterocycles. The quantitative estimate of drug-likeness (QED) is 0.148. The van der Waals surface area contributed by atoms with E-state index in [0.717, 1.165) is 12.8 Å². The van der Waals surface area contributed by atoms with Gasteiger partial charge in [-0.3, -0.25) is 0 Å². The van der Waals surface area contributed by atoms with Crippen molar-refractivity contribution >= 4 is 35.1 Å². The summed E-state index contributed by atoms with van der Waals surface area (Å²) in [5.41, 5.74) is 16.2. The summed E-state index contributed by atoms with van der Waals surface area (Å²) in [6.07, 6.45) is 7.24. The van der Waals surface area contributed by atoms with Crippen LogP contribution in [0.25, 0.3) is 34.4 Å². The Balaban J connectivity index is 1.54. The monoisotopic (exact) mass is 783 g/mol. The number of hydrogen-bond acceptors (Lipinski definition) is 0. The maximum atomic E-state index is 8.71. The molecule has 4 aromatic rings. The number of hydrogen-bond donors (Lipinski definition) is 0. The Morgan fingerprint density at radius 2 is 1.22 bits per heavy atom. The summed E-state index contributed by atoms with van der Waals surface area (Å²) in [5.74, 6) is -0.723. The molecule has 0 aliphatic heterocycles. The number of halogens is 2. The van der Waals surface area contributed by atoms with Crippen molar-refractivity contribution in [3.05, 3.63) is 129 Å². The van der Waals surface area contributed by atoms with E-state index in [-0.39, 0.29) is 12.7 Å². The van der Waals surface area contributed by atoms with Gasteiger partial charge in [-0.15, -0.1) is 0 Å². The van der Waals surface area contributed by atoms with Crippen molar-refractivity contribution in [2.24, 2.45) is 5.92 Å². The minimum absolute atomic E-state index is 0.0856. The zero-order chi connectivity index (χ0) is 35.5. The Labute approximate surface area is 305 Å². The van der Waals surface area contributed by atoms with E-state index < -0.39 is 21.5 Å². The average molecular weight is 786 g/mol. The second-order valence-corrected chi connectivity index (χ2v) is 59.2. The van der Waals surface area contributed by atoms with Crippen LogP contribution in [0, 0.1) is 5.92 Å². The third-order valence-corrected chi connectivity index (χ3v) is 63.8. The Morgan fingerprint density at radius 1 is 0.714 bits per heavy atom. The minimum atomic E-state index is -4.85. The van der Waals surface area contributed by atoms with Gasteiger partial charge in [0.2, 0.25) is 0 Å². The van der Waals surface area contributed by atoms with Gasteiger partial charge >= 0.3 is 308 Å². The third kappa shape index (κ3) is 6.30. The van der Waals surface area contributed by atoms with E-state index >= 15 is 0 Å². The van der Waals surface area contributed by atoms with Crippen LogP contribution >= 0.6 is 17.0 Å². The van der Waals surface area contributed by atoms with Crippen LogP contribution in [0.4, 0.5) is 0 Å². The van der Waals surface area contributed by atoms with Gasteiger partial charge in [-0.05, 0) is 0 Å². The number of allylic oxidation sites excluding steroid dienone is 2. The summed E-state index contributed by atoms with van der Waals surface area (Å²) in [6, 6.07) is 32.2. The molecule has 49 heavy (non-hydrogen) atoms. The van der Waals surface area contributed by atoms with Crippen molar-refractivity contribution in [2.75, 3.05) is 0 Å². The van der Waals surface area contributed by atoms with Crippen molar-refractivity contribution in [2.45, 2.75) is 99.9 Å². The van der Waals surface area contributed by atoms with E-state index in [0.29, 0.717) is 11.8 Å². The molecule has 3 atom stereocenters. The van der Waals surface area contributed by atoms with E-state index in [1.807, 2.05) is 0 Å². The molecule has 0 amide bonds. The van der Waals surface area contributed by atoms with Gasteiger partial charge in [-0.1, -0.05) is 0 Å². The van der Waals surface area contributed by atoms with Crippen LogP contribution in [0.15, 0.2) is 96.1 Å². The van der Waals surface area contributed by atoms with Gasteiger partial charge < -0.3 is 0 Å². The Kier molecular flexibility index (Phi) is 10.2. The predicted octanol–water partition coefficient (Wildman–Crippen LogP) is 14.5. The van der Waals surface area contributed by atoms with Crippen LogP contribution in [0.2, 0.25) is 13.1 Å². The van der Waals surface area contributed by atoms with Crippen molar-refractivity contribution in [3.63, 3.8) is 0 Å². The van der Waals surface area contributed by atoms with E-state index in [4.69, 9.17) is 17.0 Å². The third-order valence-electron chi connectivity index (χ3n) is 11.8. The van der Waals surface area contributed by atoms with Crippen LogP contribution in [0.1, 0.15) is 115 Å². The van der Waals surface area contributed by atoms with Gasteiger partial charge in [0, 0.05) is 0 Å². The molecule has 2 aliphatic rings. The first kappa shape index (κ1) is 36.8. The van der Waals surface area contributed by atoms with Gasteiger partial charge in [0.15, 0.2) is 0 Å². The van der Waals surface area contributed by atoms with Crippen molar-refractivity contribution in [1.82, 2.24) is 0 Å². The molecule has 0 saturated heterocycles. The standard InChI is InChI=1S/C23H27.C20H21.C2H7Si.2ClH.Zr/c1-5-7-17(4)21-14-20-8-6-9-22(23(20)15-21)19-12-10-18(11-13-19)16(2)3;1-14-12-16-6-5-7-18(19(16)13-14)15-8-10-17(11-9-15)20(2,3)4;1-3-2;;;/h6,8-17H,5,7H2,1-4H3;5-13H,1-4H3;3H,1-2H3;2*1H;/q;;;;;+2/p-2. The molecular weight excluding hydrogens is 731 g/mol. The molecule has 6 rings (SSSR count). The number of benzene rings is 4. The SMILES string of the molecule is CCCC(C)C1=Cc2c(-c3ccc(C(C)C)cc3)cccc2[CH]1[Zr]([Cl])([Cl])([CH]1C(C)=Cc2c(-c3ccc(C(C)(C)C)cc3)cccc21)[SiH](C)C. The second-order valence-electron chi connectivity index (χ2n) is 16.7. The van der Waals surface area contributed by atoms with Gasteiger partial charge in [0.25, 0.3) is 0 Å². The van der Waals surface area contributed by atoms with Gasteiger partial charge in [0.05, 0.1) is 0 Å². The van der Waals surface area contributed by atoms with E-state index in [1.165, 1.54) is 66.8 Å². The molecule has 0 saturated carbocycles. The number of fused-ring (bicyclic) bond motifs is 2. The summed E-state index contributed by atoms with van der Waals surface area (Å²) in [7, 11) is 17.4. The van der Waals surface area contributed by atoms with E-state index in [9.17, 15) is 0 Å². The van der Waals surface area contributed by atoms with Crippen molar-refractivity contribution in [3.8, 4) is 22.3 Å². The van der Waals surface area contributed by atoms with Gasteiger partial charge in [0.1, 0.15) is 0 Å². The molecule has 2 aliphatic carbocycles. The molecular formula is C45H55Cl2SiZr. The molecule has 0 spiro atoms. The van der Waals surface area contributed by atoms with Crippen LogP contribution in [-0.4, -0.2) is 5.92 Å². The van der Waals surface area contributed by atoms with Gasteiger partial charge in [-0.2, -0.15) is 0 Å². The average Bonchev–Trinajstić information content (AvgIpc) is 3.63. The topological polar surface area (TPSA) is 0 Å². The zero-order valence-electron chi connectivity index (χ0n) is 31.3. The van der Waals surface area contributed by atoms with Crippen LogP contribution < -0.4 is 0 Å². The molecule has 0 radical (unpaired) electrons. The van der Waals surface area contributed by atoms with Crippen molar-refractivity contribution < 1.29 is 15.6 Å². The normalized spacial score (nSPS) is 18.9. The molecule has 0 bridgehead atoms. The summed E-state index contributed by atoms with van der Waals surface area (Å²) in [4.78, 5) is 0. The summed E-state index contributed by atoms with van der Waals surface area (Å²) < 4.78 is 0.180. The Hall–Kier alpha value is -1.96. The van der Waals surface area contributed by atoms with E-state index in [2.05, 4.69) is 166 Å². The molecule has 0 N–H and O–H groups in total. The molecule has 0 fully saturated rings. The molecule has 0 nitrogen and oxygen atoms in total. The summed E-state index contributed by atoms with van der Waals surface area (Å²) in [6.45, 7) is 23.3. The number of rotatable bonds is 9. The maximum absolute atomic E-state index is 8.71. The summed E-state index contributed by atoms with van der Waals surface area (Å²) >= 11 is -4.85. The first-order valence-electron chi connectivity index (χ1n) is 18.5. The van der Waals surface area contributed by atoms with Crippen LogP contribution in [0.3, 0.4) is 0 Å². The van der Waals surface area contributed by atoms with Crippen molar-refractivity contribution in [1.29, 1.82) is 0 Å². The van der Waals surface area contributed by atoms with E-state index in [1.54, 1.807) is 0 Å². The summed E-state index contributed by atoms with van der Waals surface area (Å²) in [5, 5.41) is 0. The van der Waals surface area contributed by atoms with Crippen LogP contribution in [-0.2, 0) is 21.0 Å². The molecule has 4 heteroatoms. The first-order chi connectivity index (χ1) is 23.1. The van der Waals surface area contributed by atoms with Crippen LogP contribution in [0.5, 0.6) is 0 Å². The predicted molar refractivity (Wildman–Crippen MR) is 218 cm³/mol. The fraction of sp³-hybridized carbons (Fsp3) is 0.378. The molecule has 3 unspecified atom stereocenters. The Morgan fingerprint density at radius 3 is 1.71 bits per heavy atom. The first-order valence-corrected chi connectivity index (χ1v) is 34.8. The second kappa shape index (κ2) is 13.5. The Bertz CT molecular complexity index is 1920. The fourth-order valence-electron chi connectivity index (χ4n) is 8.89. The molecule has 257 valence electrons. The van der Waals surface area contributed by atoms with Gasteiger partial charge in [-0.25, -0.2) is 0 Å². The fourth-order valence-corrected chi connectivity index (χ4v) is 41.0. The molecule has 4 aromatic carbocycles. The molecule has 0 aromatic heterocycles.